The van der Waals surface area contributed by atoms with Crippen LogP contribution in [0, 0.1) is 0 Å². The molecular weight excluding hydrogens is 376 g/mol. The first kappa shape index (κ1) is 20.4. The molecule has 24 heavy (non-hydrogen) atoms. The highest BCUT2D eigenvalue weighted by molar-refractivity contribution is 9.10. The summed E-state index contributed by atoms with van der Waals surface area (Å²) >= 11 is 3.34. The predicted octanol–water partition coefficient (Wildman–Crippen LogP) is 3.68. The van der Waals surface area contributed by atoms with Crippen LogP contribution >= 0.6 is 15.9 Å². The first-order chi connectivity index (χ1) is 11.4. The lowest BCUT2D eigenvalue weighted by Crippen LogP contribution is -2.17. The summed E-state index contributed by atoms with van der Waals surface area (Å²) in [5, 5.41) is 10.1. The molecule has 2 atom stereocenters. The smallest absolute Gasteiger partial charge is 0.303 e. The van der Waals surface area contributed by atoms with Crippen molar-refractivity contribution in [3.05, 3.63) is 40.9 Å². The molecule has 0 bridgehead atoms. The van der Waals surface area contributed by atoms with Gasteiger partial charge in [-0.05, 0) is 47.3 Å². The van der Waals surface area contributed by atoms with E-state index in [4.69, 9.17) is 9.47 Å². The first-order valence-electron chi connectivity index (χ1n) is 7.72. The number of methoxy groups -OCH3 is 1. The molecule has 2 unspecified atom stereocenters. The van der Waals surface area contributed by atoms with Crippen LogP contribution in [0.1, 0.15) is 43.0 Å². The lowest BCUT2D eigenvalue weighted by molar-refractivity contribution is -0.144. The monoisotopic (exact) mass is 398 g/mol. The third-order valence-corrected chi connectivity index (χ3v) is 4.16. The Hall–Kier alpha value is -1.66. The van der Waals surface area contributed by atoms with Crippen LogP contribution in [0.15, 0.2) is 35.3 Å². The molecular formula is C18H23BrO5. The minimum atomic E-state index is -0.767. The van der Waals surface area contributed by atoms with Crippen molar-refractivity contribution in [3.63, 3.8) is 0 Å². The second kappa shape index (κ2) is 10.3. The molecule has 0 saturated heterocycles. The van der Waals surface area contributed by atoms with Crippen molar-refractivity contribution in [3.8, 4) is 5.75 Å². The van der Waals surface area contributed by atoms with E-state index < -0.39 is 6.10 Å². The maximum atomic E-state index is 12.4. The Bertz CT molecular complexity index is 585. The summed E-state index contributed by atoms with van der Waals surface area (Å²) in [6.45, 7) is 4.96. The highest BCUT2D eigenvalue weighted by Crippen LogP contribution is 2.28. The molecule has 0 amide bonds. The highest BCUT2D eigenvalue weighted by atomic mass is 79.9. The van der Waals surface area contributed by atoms with E-state index in [0.29, 0.717) is 35.0 Å². The molecule has 0 saturated carbocycles. The van der Waals surface area contributed by atoms with Crippen LogP contribution in [0.25, 0.3) is 0 Å². The number of Topliss-reactive ketones (excluding diaryl/α,β-unsaturated/α-hetero) is 1. The van der Waals surface area contributed by atoms with Crippen LogP contribution in [0.5, 0.6) is 5.75 Å². The number of carbonyl (C=O) groups is 2. The van der Waals surface area contributed by atoms with Gasteiger partial charge in [0.2, 0.25) is 0 Å². The molecule has 0 aliphatic carbocycles. The minimum Gasteiger partial charge on any atom is -0.496 e. The summed E-state index contributed by atoms with van der Waals surface area (Å²) in [4.78, 5) is 23.3. The van der Waals surface area contributed by atoms with E-state index in [9.17, 15) is 14.7 Å². The van der Waals surface area contributed by atoms with Crippen molar-refractivity contribution in [2.24, 2.45) is 0 Å². The van der Waals surface area contributed by atoms with E-state index in [0.717, 1.165) is 0 Å². The van der Waals surface area contributed by atoms with E-state index in [2.05, 4.69) is 22.5 Å². The maximum absolute atomic E-state index is 12.4. The third-order valence-electron chi connectivity index (χ3n) is 3.50. The Kier molecular flexibility index (Phi) is 8.71. The number of benzene rings is 1. The number of hydrogen-bond acceptors (Lipinski definition) is 5. The van der Waals surface area contributed by atoms with Crippen molar-refractivity contribution in [2.45, 2.75) is 44.8 Å². The van der Waals surface area contributed by atoms with Gasteiger partial charge in [0.05, 0.1) is 18.8 Å². The topological polar surface area (TPSA) is 72.8 Å². The molecule has 0 heterocycles. The summed E-state index contributed by atoms with van der Waals surface area (Å²) in [5.41, 5.74) is 0.433. The van der Waals surface area contributed by atoms with E-state index in [-0.39, 0.29) is 24.3 Å². The quantitative estimate of drug-likeness (QED) is 0.369. The fourth-order valence-electron chi connectivity index (χ4n) is 2.36. The predicted molar refractivity (Wildman–Crippen MR) is 95.3 cm³/mol. The second-order valence-electron chi connectivity index (χ2n) is 5.41. The van der Waals surface area contributed by atoms with E-state index in [1.54, 1.807) is 24.3 Å². The number of aliphatic hydroxyl groups excluding tert-OH is 1. The third kappa shape index (κ3) is 6.45. The van der Waals surface area contributed by atoms with Crippen molar-refractivity contribution >= 4 is 27.7 Å². The molecule has 0 aromatic heterocycles. The van der Waals surface area contributed by atoms with Gasteiger partial charge in [-0.25, -0.2) is 0 Å². The van der Waals surface area contributed by atoms with Gasteiger partial charge in [-0.2, -0.15) is 0 Å². The standard InChI is InChI=1S/C18H23BrO5/c1-4-14(24-12(2)20)8-5-7-13(21)11-16(22)18-15(19)9-6-10-17(18)23-3/h4,6,9-10,13-14,21H,1,5,7-8,11H2,2-3H3. The van der Waals surface area contributed by atoms with Crippen LogP contribution < -0.4 is 4.74 Å². The Morgan fingerprint density at radius 2 is 2.08 bits per heavy atom. The number of esters is 1. The molecule has 1 aromatic carbocycles. The summed E-state index contributed by atoms with van der Waals surface area (Å²) in [5.74, 6) is -0.0770. The average molecular weight is 399 g/mol. The SMILES string of the molecule is C=CC(CCCC(O)CC(=O)c1c(Br)cccc1OC)OC(C)=O. The molecule has 0 fully saturated rings. The van der Waals surface area contributed by atoms with Gasteiger partial charge in [-0.3, -0.25) is 9.59 Å². The van der Waals surface area contributed by atoms with E-state index in [1.807, 2.05) is 0 Å². The van der Waals surface area contributed by atoms with Crippen LogP contribution in [0.2, 0.25) is 0 Å². The van der Waals surface area contributed by atoms with Crippen LogP contribution in [-0.4, -0.2) is 36.2 Å². The zero-order chi connectivity index (χ0) is 18.1. The van der Waals surface area contributed by atoms with Crippen molar-refractivity contribution < 1.29 is 24.2 Å². The van der Waals surface area contributed by atoms with Gasteiger partial charge >= 0.3 is 5.97 Å². The summed E-state index contributed by atoms with van der Waals surface area (Å²) in [6, 6.07) is 5.24. The van der Waals surface area contributed by atoms with Crippen LogP contribution in [0.3, 0.4) is 0 Å². The molecule has 0 aliphatic rings. The largest absolute Gasteiger partial charge is 0.496 e. The van der Waals surface area contributed by atoms with Gasteiger partial charge < -0.3 is 14.6 Å². The Morgan fingerprint density at radius 3 is 2.67 bits per heavy atom. The first-order valence-corrected chi connectivity index (χ1v) is 8.51. The molecule has 6 heteroatoms. The van der Waals surface area contributed by atoms with Gasteiger partial charge in [0.1, 0.15) is 11.9 Å². The maximum Gasteiger partial charge on any atom is 0.303 e. The van der Waals surface area contributed by atoms with Gasteiger partial charge in [-0.15, -0.1) is 0 Å². The van der Waals surface area contributed by atoms with Gasteiger partial charge in [0, 0.05) is 17.8 Å². The fraction of sp³-hybridized carbons (Fsp3) is 0.444. The van der Waals surface area contributed by atoms with Crippen molar-refractivity contribution in [2.75, 3.05) is 7.11 Å². The van der Waals surface area contributed by atoms with E-state index >= 15 is 0 Å². The number of ketones is 1. The second-order valence-corrected chi connectivity index (χ2v) is 6.27. The number of halogens is 1. The lowest BCUT2D eigenvalue weighted by Gasteiger charge is -2.15. The zero-order valence-electron chi connectivity index (χ0n) is 14.0. The number of carbonyl (C=O) groups excluding carboxylic acids is 2. The molecule has 1 rings (SSSR count). The Balaban J connectivity index is 2.53. The Morgan fingerprint density at radius 1 is 1.38 bits per heavy atom. The Labute approximate surface area is 150 Å². The zero-order valence-corrected chi connectivity index (χ0v) is 15.5. The van der Waals surface area contributed by atoms with Crippen LogP contribution in [0.4, 0.5) is 0 Å². The number of hydrogen-bond donors (Lipinski definition) is 1. The minimum absolute atomic E-state index is 0.00525. The highest BCUT2D eigenvalue weighted by Gasteiger charge is 2.19. The summed E-state index contributed by atoms with van der Waals surface area (Å²) in [7, 11) is 1.50. The molecule has 0 radical (unpaired) electrons. The normalized spacial score (nSPS) is 13.0. The van der Waals surface area contributed by atoms with Crippen molar-refractivity contribution in [1.29, 1.82) is 0 Å². The molecule has 5 nitrogen and oxygen atoms in total. The van der Waals surface area contributed by atoms with Gasteiger partial charge in [0.25, 0.3) is 0 Å². The van der Waals surface area contributed by atoms with Crippen molar-refractivity contribution in [1.82, 2.24) is 0 Å². The van der Waals surface area contributed by atoms with E-state index in [1.165, 1.54) is 14.0 Å². The summed E-state index contributed by atoms with van der Waals surface area (Å²) in [6.07, 6.45) is 2.05. The molecule has 132 valence electrons. The van der Waals surface area contributed by atoms with Gasteiger partial charge in [0.15, 0.2) is 5.78 Å². The fourth-order valence-corrected chi connectivity index (χ4v) is 2.93. The average Bonchev–Trinajstić information content (AvgIpc) is 2.52. The van der Waals surface area contributed by atoms with Crippen LogP contribution in [-0.2, 0) is 9.53 Å². The lowest BCUT2D eigenvalue weighted by atomic mass is 10.00. The van der Waals surface area contributed by atoms with Gasteiger partial charge in [-0.1, -0.05) is 18.7 Å². The number of ether oxygens (including phenoxy) is 2. The number of aliphatic hydroxyl groups is 1. The molecule has 0 aliphatic heterocycles. The molecule has 1 aromatic rings. The molecule has 0 spiro atoms. The number of rotatable bonds is 10. The molecule has 1 N–H and O–H groups in total. The summed E-state index contributed by atoms with van der Waals surface area (Å²) < 4.78 is 10.9.